The first-order valence-corrected chi connectivity index (χ1v) is 4.42. The minimum Gasteiger partial charge on any atom is -0.343 e. The average Bonchev–Trinajstić information content (AvgIpc) is 2.72. The Kier molecular flexibility index (Phi) is 2.55. The van der Waals surface area contributed by atoms with Crippen molar-refractivity contribution in [3.05, 3.63) is 48.1 Å². The van der Waals surface area contributed by atoms with E-state index in [1.165, 1.54) is 12.0 Å². The van der Waals surface area contributed by atoms with Crippen LogP contribution in [-0.4, -0.2) is 10.1 Å². The second-order valence-corrected chi connectivity index (χ2v) is 3.09. The summed E-state index contributed by atoms with van der Waals surface area (Å²) >= 11 is 0. The van der Waals surface area contributed by atoms with Gasteiger partial charge in [0.2, 0.25) is 6.39 Å². The normalized spacial score (nSPS) is 12.6. The van der Waals surface area contributed by atoms with Gasteiger partial charge in [0.05, 0.1) is 6.04 Å². The highest BCUT2D eigenvalue weighted by atomic mass is 16.5. The zero-order valence-corrected chi connectivity index (χ0v) is 7.63. The third kappa shape index (κ3) is 1.97. The van der Waals surface area contributed by atoms with Crippen LogP contribution < -0.4 is 5.73 Å². The van der Waals surface area contributed by atoms with Crippen LogP contribution in [-0.2, 0) is 6.42 Å². The van der Waals surface area contributed by atoms with Gasteiger partial charge in [-0.05, 0) is 12.0 Å². The summed E-state index contributed by atoms with van der Waals surface area (Å²) in [6.45, 7) is 0. The van der Waals surface area contributed by atoms with Crippen LogP contribution in [0.3, 0.4) is 0 Å². The third-order valence-corrected chi connectivity index (χ3v) is 2.01. The first-order chi connectivity index (χ1) is 6.86. The number of benzene rings is 1. The maximum Gasteiger partial charge on any atom is 0.213 e. The molecule has 0 fully saturated rings. The quantitative estimate of drug-likeness (QED) is 0.790. The standard InChI is InChI=1S/C10H11N3O/c11-9(10-12-7-14-13-10)6-8-4-2-1-3-5-8/h1-5,7,9H,6,11H2. The summed E-state index contributed by atoms with van der Waals surface area (Å²) in [6, 6.07) is 9.80. The molecule has 0 spiro atoms. The molecule has 0 aliphatic rings. The Morgan fingerprint density at radius 1 is 1.29 bits per heavy atom. The van der Waals surface area contributed by atoms with Crippen LogP contribution in [0.1, 0.15) is 17.4 Å². The van der Waals surface area contributed by atoms with Crippen molar-refractivity contribution in [2.45, 2.75) is 12.5 Å². The highest BCUT2D eigenvalue weighted by Crippen LogP contribution is 2.11. The van der Waals surface area contributed by atoms with Crippen molar-refractivity contribution in [2.75, 3.05) is 0 Å². The molecule has 4 heteroatoms. The van der Waals surface area contributed by atoms with Gasteiger partial charge < -0.3 is 10.3 Å². The lowest BCUT2D eigenvalue weighted by Crippen LogP contribution is -2.14. The van der Waals surface area contributed by atoms with Gasteiger partial charge in [0.1, 0.15) is 0 Å². The minimum absolute atomic E-state index is 0.198. The van der Waals surface area contributed by atoms with E-state index >= 15 is 0 Å². The van der Waals surface area contributed by atoms with E-state index in [4.69, 9.17) is 5.73 Å². The van der Waals surface area contributed by atoms with Crippen LogP contribution in [0.15, 0.2) is 41.2 Å². The van der Waals surface area contributed by atoms with E-state index in [9.17, 15) is 0 Å². The maximum atomic E-state index is 5.89. The number of nitrogens with two attached hydrogens (primary N) is 1. The van der Waals surface area contributed by atoms with Crippen molar-refractivity contribution in [2.24, 2.45) is 5.73 Å². The lowest BCUT2D eigenvalue weighted by Gasteiger charge is -2.06. The molecule has 0 aliphatic heterocycles. The molecule has 2 N–H and O–H groups in total. The summed E-state index contributed by atoms with van der Waals surface area (Å²) < 4.78 is 4.63. The molecule has 0 saturated carbocycles. The predicted octanol–water partition coefficient (Wildman–Crippen LogP) is 1.31. The van der Waals surface area contributed by atoms with Crippen molar-refractivity contribution in [3.8, 4) is 0 Å². The summed E-state index contributed by atoms with van der Waals surface area (Å²) in [5, 5.41) is 3.70. The third-order valence-electron chi connectivity index (χ3n) is 2.01. The fraction of sp³-hybridized carbons (Fsp3) is 0.200. The Labute approximate surface area is 81.7 Å². The summed E-state index contributed by atoms with van der Waals surface area (Å²) in [6.07, 6.45) is 2.01. The first kappa shape index (κ1) is 8.90. The van der Waals surface area contributed by atoms with Gasteiger partial charge in [0, 0.05) is 0 Å². The van der Waals surface area contributed by atoms with Crippen molar-refractivity contribution in [3.63, 3.8) is 0 Å². The molecule has 14 heavy (non-hydrogen) atoms. The Morgan fingerprint density at radius 3 is 2.71 bits per heavy atom. The van der Waals surface area contributed by atoms with E-state index in [2.05, 4.69) is 14.7 Å². The zero-order valence-electron chi connectivity index (χ0n) is 7.63. The van der Waals surface area contributed by atoms with Crippen LogP contribution in [0, 0.1) is 0 Å². The molecule has 2 rings (SSSR count). The molecule has 0 saturated heterocycles. The fourth-order valence-corrected chi connectivity index (χ4v) is 1.30. The lowest BCUT2D eigenvalue weighted by molar-refractivity contribution is 0.404. The molecular weight excluding hydrogens is 178 g/mol. The molecule has 0 bridgehead atoms. The molecule has 0 amide bonds. The van der Waals surface area contributed by atoms with Crippen molar-refractivity contribution >= 4 is 0 Å². The van der Waals surface area contributed by atoms with Gasteiger partial charge in [-0.25, -0.2) is 0 Å². The summed E-state index contributed by atoms with van der Waals surface area (Å²) in [4.78, 5) is 3.91. The van der Waals surface area contributed by atoms with Gasteiger partial charge in [-0.1, -0.05) is 35.5 Å². The molecular formula is C10H11N3O. The molecule has 2 aromatic rings. The first-order valence-electron chi connectivity index (χ1n) is 4.42. The highest BCUT2D eigenvalue weighted by molar-refractivity contribution is 5.16. The molecule has 1 heterocycles. The van der Waals surface area contributed by atoms with Gasteiger partial charge >= 0.3 is 0 Å². The lowest BCUT2D eigenvalue weighted by atomic mass is 10.1. The van der Waals surface area contributed by atoms with Gasteiger partial charge in [0.15, 0.2) is 5.82 Å². The molecule has 1 aromatic heterocycles. The van der Waals surface area contributed by atoms with E-state index in [1.54, 1.807) is 0 Å². The van der Waals surface area contributed by atoms with Crippen molar-refractivity contribution in [1.82, 2.24) is 10.1 Å². The monoisotopic (exact) mass is 189 g/mol. The maximum absolute atomic E-state index is 5.89. The molecule has 1 atom stereocenters. The highest BCUT2D eigenvalue weighted by Gasteiger charge is 2.10. The predicted molar refractivity (Wildman–Crippen MR) is 51.4 cm³/mol. The van der Waals surface area contributed by atoms with Crippen LogP contribution in [0.5, 0.6) is 0 Å². The van der Waals surface area contributed by atoms with Crippen molar-refractivity contribution in [1.29, 1.82) is 0 Å². The van der Waals surface area contributed by atoms with Crippen LogP contribution in [0.25, 0.3) is 0 Å². The second kappa shape index (κ2) is 4.02. The van der Waals surface area contributed by atoms with E-state index in [0.29, 0.717) is 5.82 Å². The number of hydrogen-bond acceptors (Lipinski definition) is 4. The number of nitrogens with zero attached hydrogens (tertiary/aromatic N) is 2. The molecule has 0 radical (unpaired) electrons. The van der Waals surface area contributed by atoms with Crippen LogP contribution in [0.2, 0.25) is 0 Å². The molecule has 1 aromatic carbocycles. The number of hydrogen-bond donors (Lipinski definition) is 1. The largest absolute Gasteiger partial charge is 0.343 e. The van der Waals surface area contributed by atoms with Crippen LogP contribution >= 0.6 is 0 Å². The molecule has 72 valence electrons. The van der Waals surface area contributed by atoms with Gasteiger partial charge in [-0.3, -0.25) is 0 Å². The Bertz CT molecular complexity index is 372. The topological polar surface area (TPSA) is 64.9 Å². The zero-order chi connectivity index (χ0) is 9.80. The van der Waals surface area contributed by atoms with E-state index in [-0.39, 0.29) is 6.04 Å². The summed E-state index contributed by atoms with van der Waals surface area (Å²) in [5.41, 5.74) is 7.06. The Balaban J connectivity index is 2.06. The van der Waals surface area contributed by atoms with E-state index in [0.717, 1.165) is 6.42 Å². The SMILES string of the molecule is NC(Cc1ccccc1)c1ncon1. The summed E-state index contributed by atoms with van der Waals surface area (Å²) in [7, 11) is 0. The van der Waals surface area contributed by atoms with Crippen LogP contribution in [0.4, 0.5) is 0 Å². The molecule has 4 nitrogen and oxygen atoms in total. The van der Waals surface area contributed by atoms with E-state index < -0.39 is 0 Å². The minimum atomic E-state index is -0.198. The van der Waals surface area contributed by atoms with E-state index in [1.807, 2.05) is 30.3 Å². The number of aromatic nitrogens is 2. The number of rotatable bonds is 3. The second-order valence-electron chi connectivity index (χ2n) is 3.09. The molecule has 1 unspecified atom stereocenters. The smallest absolute Gasteiger partial charge is 0.213 e. The molecule has 0 aliphatic carbocycles. The van der Waals surface area contributed by atoms with Gasteiger partial charge in [-0.15, -0.1) is 0 Å². The van der Waals surface area contributed by atoms with Gasteiger partial charge in [-0.2, -0.15) is 4.98 Å². The Morgan fingerprint density at radius 2 is 2.07 bits per heavy atom. The summed E-state index contributed by atoms with van der Waals surface area (Å²) in [5.74, 6) is 0.550. The fourth-order valence-electron chi connectivity index (χ4n) is 1.30. The average molecular weight is 189 g/mol. The Hall–Kier alpha value is -1.68. The van der Waals surface area contributed by atoms with Gasteiger partial charge in [0.25, 0.3) is 0 Å². The van der Waals surface area contributed by atoms with Crippen molar-refractivity contribution < 1.29 is 4.52 Å².